The first-order chi connectivity index (χ1) is 7.10. The predicted molar refractivity (Wildman–Crippen MR) is 65.3 cm³/mol. The van der Waals surface area contributed by atoms with Crippen LogP contribution in [-0.4, -0.2) is 6.04 Å². The summed E-state index contributed by atoms with van der Waals surface area (Å²) in [4.78, 5) is 0. The first-order valence-electron chi connectivity index (χ1n) is 5.60. The molecule has 1 rings (SSSR count). The van der Waals surface area contributed by atoms with E-state index in [2.05, 4.69) is 50.5 Å². The summed E-state index contributed by atoms with van der Waals surface area (Å²) < 4.78 is 0. The van der Waals surface area contributed by atoms with E-state index in [-0.39, 0.29) is 5.41 Å². The molecule has 84 valence electrons. The molecule has 1 atom stereocenters. The molecule has 15 heavy (non-hydrogen) atoms. The Morgan fingerprint density at radius 2 is 1.87 bits per heavy atom. The summed E-state index contributed by atoms with van der Waals surface area (Å²) in [6.45, 7) is 6.70. The van der Waals surface area contributed by atoms with Crippen LogP contribution in [0.15, 0.2) is 30.3 Å². The molecular weight excluding hydrogens is 184 g/mol. The molecule has 0 heterocycles. The average Bonchev–Trinajstić information content (AvgIpc) is 2.27. The average molecular weight is 206 g/mol. The fourth-order valence-corrected chi connectivity index (χ4v) is 1.66. The maximum atomic E-state index is 5.63. The first kappa shape index (κ1) is 12.2. The highest BCUT2D eigenvalue weighted by Crippen LogP contribution is 2.26. The Bertz CT molecular complexity index is 280. The first-order valence-corrected chi connectivity index (χ1v) is 5.60. The quantitative estimate of drug-likeness (QED) is 0.574. The largest absolute Gasteiger partial charge is 0.271 e. The number of nitrogens with one attached hydrogen (secondary N) is 1. The minimum absolute atomic E-state index is 0.227. The molecule has 0 saturated carbocycles. The summed E-state index contributed by atoms with van der Waals surface area (Å²) in [5.74, 6) is 5.63. The molecule has 3 N–H and O–H groups in total. The fourth-order valence-electron chi connectivity index (χ4n) is 1.66. The minimum atomic E-state index is 0.227. The van der Waals surface area contributed by atoms with E-state index in [1.807, 2.05) is 6.07 Å². The van der Waals surface area contributed by atoms with Crippen LogP contribution in [0.3, 0.4) is 0 Å². The van der Waals surface area contributed by atoms with Gasteiger partial charge < -0.3 is 0 Å². The summed E-state index contributed by atoms with van der Waals surface area (Å²) in [5, 5.41) is 0. The highest BCUT2D eigenvalue weighted by Gasteiger charge is 2.26. The van der Waals surface area contributed by atoms with Gasteiger partial charge in [0.25, 0.3) is 0 Å². The van der Waals surface area contributed by atoms with Gasteiger partial charge in [-0.15, -0.1) is 0 Å². The van der Waals surface area contributed by atoms with Gasteiger partial charge in [0, 0.05) is 6.04 Å². The van der Waals surface area contributed by atoms with Crippen molar-refractivity contribution in [3.8, 4) is 0 Å². The Morgan fingerprint density at radius 3 is 2.33 bits per heavy atom. The third kappa shape index (κ3) is 3.33. The molecule has 0 radical (unpaired) electrons. The lowest BCUT2D eigenvalue weighted by Crippen LogP contribution is -2.46. The van der Waals surface area contributed by atoms with Crippen LogP contribution in [0.5, 0.6) is 0 Å². The molecule has 0 aliphatic rings. The van der Waals surface area contributed by atoms with Crippen LogP contribution < -0.4 is 11.3 Å². The maximum absolute atomic E-state index is 5.63. The van der Waals surface area contributed by atoms with Gasteiger partial charge in [0.2, 0.25) is 0 Å². The van der Waals surface area contributed by atoms with Gasteiger partial charge in [-0.1, -0.05) is 51.1 Å². The van der Waals surface area contributed by atoms with Crippen molar-refractivity contribution >= 4 is 0 Å². The molecule has 0 aliphatic carbocycles. The zero-order chi connectivity index (χ0) is 11.3. The Kier molecular flexibility index (Phi) is 4.30. The van der Waals surface area contributed by atoms with Crippen LogP contribution in [0.25, 0.3) is 0 Å². The van der Waals surface area contributed by atoms with Gasteiger partial charge in [-0.2, -0.15) is 0 Å². The smallest absolute Gasteiger partial charge is 0.0301 e. The van der Waals surface area contributed by atoms with Gasteiger partial charge in [0.1, 0.15) is 0 Å². The normalized spacial score (nSPS) is 13.9. The van der Waals surface area contributed by atoms with Crippen molar-refractivity contribution in [3.05, 3.63) is 35.9 Å². The predicted octanol–water partition coefficient (Wildman–Crippen LogP) is 2.50. The summed E-state index contributed by atoms with van der Waals surface area (Å²) in [7, 11) is 0. The van der Waals surface area contributed by atoms with Crippen molar-refractivity contribution in [2.24, 2.45) is 11.3 Å². The number of rotatable bonds is 5. The van der Waals surface area contributed by atoms with E-state index in [1.54, 1.807) is 0 Å². The third-order valence-corrected chi connectivity index (χ3v) is 3.34. The molecule has 2 heteroatoms. The van der Waals surface area contributed by atoms with Gasteiger partial charge in [-0.05, 0) is 23.8 Å². The number of benzene rings is 1. The van der Waals surface area contributed by atoms with Crippen molar-refractivity contribution in [2.75, 3.05) is 0 Å². The lowest BCUT2D eigenvalue weighted by atomic mass is 9.79. The highest BCUT2D eigenvalue weighted by molar-refractivity contribution is 5.16. The molecule has 0 spiro atoms. The Balaban J connectivity index is 2.70. The van der Waals surface area contributed by atoms with E-state index in [0.29, 0.717) is 6.04 Å². The summed E-state index contributed by atoms with van der Waals surface area (Å²) in [6, 6.07) is 10.8. The van der Waals surface area contributed by atoms with Crippen LogP contribution in [-0.2, 0) is 6.42 Å². The van der Waals surface area contributed by atoms with Gasteiger partial charge in [-0.25, -0.2) is 0 Å². The van der Waals surface area contributed by atoms with Gasteiger partial charge in [0.05, 0.1) is 0 Å². The summed E-state index contributed by atoms with van der Waals surface area (Å²) >= 11 is 0. The standard InChI is InChI=1S/C13H22N2/c1-4-13(2,3)12(15-14)10-11-8-6-5-7-9-11/h5-9,12,15H,4,10,14H2,1-3H3. The lowest BCUT2D eigenvalue weighted by Gasteiger charge is -2.33. The summed E-state index contributed by atoms with van der Waals surface area (Å²) in [6.07, 6.45) is 2.10. The topological polar surface area (TPSA) is 38.0 Å². The van der Waals surface area contributed by atoms with Crippen LogP contribution >= 0.6 is 0 Å². The maximum Gasteiger partial charge on any atom is 0.0301 e. The second-order valence-electron chi connectivity index (χ2n) is 4.75. The number of hydrogen-bond donors (Lipinski definition) is 2. The fraction of sp³-hybridized carbons (Fsp3) is 0.538. The molecular formula is C13H22N2. The number of hydrazine groups is 1. The molecule has 1 aromatic carbocycles. The van der Waals surface area contributed by atoms with E-state index in [4.69, 9.17) is 5.84 Å². The molecule has 0 aliphatic heterocycles. The highest BCUT2D eigenvalue weighted by atomic mass is 15.2. The molecule has 0 saturated heterocycles. The van der Waals surface area contributed by atoms with Crippen LogP contribution in [0, 0.1) is 5.41 Å². The van der Waals surface area contributed by atoms with E-state index < -0.39 is 0 Å². The van der Waals surface area contributed by atoms with E-state index in [1.165, 1.54) is 5.56 Å². The zero-order valence-corrected chi connectivity index (χ0v) is 9.96. The van der Waals surface area contributed by atoms with Crippen molar-refractivity contribution < 1.29 is 0 Å². The molecule has 1 aromatic rings. The zero-order valence-electron chi connectivity index (χ0n) is 9.96. The molecule has 0 fully saturated rings. The lowest BCUT2D eigenvalue weighted by molar-refractivity contribution is 0.231. The van der Waals surface area contributed by atoms with Gasteiger partial charge in [0.15, 0.2) is 0 Å². The van der Waals surface area contributed by atoms with Crippen molar-refractivity contribution in [3.63, 3.8) is 0 Å². The molecule has 2 nitrogen and oxygen atoms in total. The second kappa shape index (κ2) is 5.29. The molecule has 0 bridgehead atoms. The number of nitrogens with two attached hydrogens (primary N) is 1. The third-order valence-electron chi connectivity index (χ3n) is 3.34. The summed E-state index contributed by atoms with van der Waals surface area (Å²) in [5.41, 5.74) is 4.50. The van der Waals surface area contributed by atoms with E-state index in [0.717, 1.165) is 12.8 Å². The van der Waals surface area contributed by atoms with Crippen LogP contribution in [0.2, 0.25) is 0 Å². The molecule has 0 aromatic heterocycles. The Morgan fingerprint density at radius 1 is 1.27 bits per heavy atom. The van der Waals surface area contributed by atoms with Crippen LogP contribution in [0.4, 0.5) is 0 Å². The van der Waals surface area contributed by atoms with E-state index >= 15 is 0 Å². The Labute approximate surface area is 92.8 Å². The van der Waals surface area contributed by atoms with Crippen molar-refractivity contribution in [2.45, 2.75) is 39.7 Å². The van der Waals surface area contributed by atoms with Crippen molar-refractivity contribution in [1.82, 2.24) is 5.43 Å². The van der Waals surface area contributed by atoms with Crippen molar-refractivity contribution in [1.29, 1.82) is 0 Å². The Hall–Kier alpha value is -0.860. The van der Waals surface area contributed by atoms with Gasteiger partial charge in [-0.3, -0.25) is 11.3 Å². The minimum Gasteiger partial charge on any atom is -0.271 e. The number of hydrogen-bond acceptors (Lipinski definition) is 2. The molecule has 1 unspecified atom stereocenters. The monoisotopic (exact) mass is 206 g/mol. The van der Waals surface area contributed by atoms with Crippen LogP contribution in [0.1, 0.15) is 32.8 Å². The second-order valence-corrected chi connectivity index (χ2v) is 4.75. The van der Waals surface area contributed by atoms with Gasteiger partial charge >= 0.3 is 0 Å². The molecule has 0 amide bonds. The SMILES string of the molecule is CCC(C)(C)C(Cc1ccccc1)NN. The van der Waals surface area contributed by atoms with E-state index in [9.17, 15) is 0 Å².